The van der Waals surface area contributed by atoms with E-state index in [9.17, 15) is 0 Å². The van der Waals surface area contributed by atoms with Gasteiger partial charge in [0, 0.05) is 33.4 Å². The molecular weight excluding hydrogens is 164 g/mol. The fourth-order valence-corrected chi connectivity index (χ4v) is 1.86. The first-order chi connectivity index (χ1) is 6.33. The molecule has 1 saturated heterocycles. The monoisotopic (exact) mass is 186 g/mol. The molecule has 0 aromatic heterocycles. The summed E-state index contributed by atoms with van der Waals surface area (Å²) in [6.07, 6.45) is 1.28. The zero-order chi connectivity index (χ0) is 9.52. The van der Waals surface area contributed by atoms with Crippen LogP contribution in [0.15, 0.2) is 0 Å². The summed E-state index contributed by atoms with van der Waals surface area (Å²) >= 11 is 0. The summed E-state index contributed by atoms with van der Waals surface area (Å²) in [7, 11) is 1.78. The van der Waals surface area contributed by atoms with Crippen molar-refractivity contribution >= 4 is 0 Å². The summed E-state index contributed by atoms with van der Waals surface area (Å²) in [5, 5.41) is 3.41. The predicted octanol–water partition coefficient (Wildman–Crippen LogP) is 0.564. The molecule has 1 aliphatic rings. The van der Waals surface area contributed by atoms with E-state index in [4.69, 9.17) is 4.74 Å². The number of nitrogens with one attached hydrogen (secondary N) is 1. The van der Waals surface area contributed by atoms with Crippen molar-refractivity contribution in [2.24, 2.45) is 5.92 Å². The lowest BCUT2D eigenvalue weighted by Gasteiger charge is -2.23. The third kappa shape index (κ3) is 4.60. The first-order valence-electron chi connectivity index (χ1n) is 5.25. The maximum atomic E-state index is 5.13. The third-order valence-electron chi connectivity index (χ3n) is 2.45. The highest BCUT2D eigenvalue weighted by atomic mass is 16.5. The van der Waals surface area contributed by atoms with Gasteiger partial charge in [0.05, 0.1) is 0 Å². The molecule has 1 fully saturated rings. The molecular formula is C10H22N2O. The van der Waals surface area contributed by atoms with Gasteiger partial charge in [-0.15, -0.1) is 0 Å². The highest BCUT2D eigenvalue weighted by Gasteiger charge is 2.11. The smallest absolute Gasteiger partial charge is 0.0500 e. The van der Waals surface area contributed by atoms with E-state index in [1.807, 2.05) is 0 Å². The van der Waals surface area contributed by atoms with Crippen molar-refractivity contribution in [3.8, 4) is 0 Å². The Hall–Kier alpha value is -0.120. The number of methoxy groups -OCH3 is 1. The van der Waals surface area contributed by atoms with E-state index < -0.39 is 0 Å². The van der Waals surface area contributed by atoms with E-state index in [0.717, 1.165) is 13.2 Å². The molecule has 1 N–H and O–H groups in total. The number of ether oxygens (including phenoxy) is 1. The normalized spacial score (nSPS) is 22.6. The summed E-state index contributed by atoms with van der Waals surface area (Å²) in [6.45, 7) is 9.05. The fraction of sp³-hybridized carbons (Fsp3) is 1.00. The van der Waals surface area contributed by atoms with Crippen molar-refractivity contribution in [2.45, 2.75) is 13.3 Å². The van der Waals surface area contributed by atoms with Crippen LogP contribution in [0.25, 0.3) is 0 Å². The Morgan fingerprint density at radius 1 is 1.38 bits per heavy atom. The second-order valence-electron chi connectivity index (χ2n) is 3.96. The van der Waals surface area contributed by atoms with Gasteiger partial charge in [-0.25, -0.2) is 0 Å². The molecule has 0 amide bonds. The zero-order valence-electron chi connectivity index (χ0n) is 8.88. The van der Waals surface area contributed by atoms with Crippen LogP contribution in [-0.2, 0) is 4.74 Å². The van der Waals surface area contributed by atoms with Crippen LogP contribution < -0.4 is 5.32 Å². The topological polar surface area (TPSA) is 24.5 Å². The Balaban J connectivity index is 2.17. The van der Waals surface area contributed by atoms with E-state index in [2.05, 4.69) is 17.1 Å². The van der Waals surface area contributed by atoms with E-state index in [1.54, 1.807) is 7.11 Å². The lowest BCUT2D eigenvalue weighted by atomic mass is 10.2. The average molecular weight is 186 g/mol. The molecule has 0 aromatic carbocycles. The van der Waals surface area contributed by atoms with Gasteiger partial charge in [0.25, 0.3) is 0 Å². The Bertz CT molecular complexity index is 122. The Morgan fingerprint density at radius 2 is 2.23 bits per heavy atom. The average Bonchev–Trinajstić information content (AvgIpc) is 2.33. The SMILES string of the molecule is COCC(C)CN1CCCNCC1. The first kappa shape index (κ1) is 11.0. The molecule has 0 aromatic rings. The molecule has 13 heavy (non-hydrogen) atoms. The Kier molecular flexibility index (Phi) is 5.35. The largest absolute Gasteiger partial charge is 0.384 e. The second-order valence-corrected chi connectivity index (χ2v) is 3.96. The van der Waals surface area contributed by atoms with Crippen LogP contribution in [0.3, 0.4) is 0 Å². The number of nitrogens with zero attached hydrogens (tertiary/aromatic N) is 1. The lowest BCUT2D eigenvalue weighted by molar-refractivity contribution is 0.131. The van der Waals surface area contributed by atoms with Gasteiger partial charge in [0.1, 0.15) is 0 Å². The van der Waals surface area contributed by atoms with Gasteiger partial charge in [-0.2, -0.15) is 0 Å². The molecule has 0 spiro atoms. The maximum absolute atomic E-state index is 5.13. The minimum absolute atomic E-state index is 0.656. The fourth-order valence-electron chi connectivity index (χ4n) is 1.86. The van der Waals surface area contributed by atoms with Gasteiger partial charge in [-0.05, 0) is 25.4 Å². The predicted molar refractivity (Wildman–Crippen MR) is 55.0 cm³/mol. The first-order valence-corrected chi connectivity index (χ1v) is 5.25. The van der Waals surface area contributed by atoms with Gasteiger partial charge in [0.2, 0.25) is 0 Å². The zero-order valence-corrected chi connectivity index (χ0v) is 8.88. The molecule has 1 atom stereocenters. The van der Waals surface area contributed by atoms with Crippen molar-refractivity contribution in [3.05, 3.63) is 0 Å². The molecule has 0 aliphatic carbocycles. The van der Waals surface area contributed by atoms with Crippen molar-refractivity contribution in [1.82, 2.24) is 10.2 Å². The Morgan fingerprint density at radius 3 is 3.00 bits per heavy atom. The number of hydrogen-bond donors (Lipinski definition) is 1. The van der Waals surface area contributed by atoms with Crippen LogP contribution in [-0.4, -0.2) is 51.3 Å². The van der Waals surface area contributed by atoms with E-state index >= 15 is 0 Å². The number of hydrogen-bond acceptors (Lipinski definition) is 3. The quantitative estimate of drug-likeness (QED) is 0.694. The molecule has 3 nitrogen and oxygen atoms in total. The molecule has 1 heterocycles. The standard InChI is InChI=1S/C10H22N2O/c1-10(9-13-2)8-12-6-3-4-11-5-7-12/h10-11H,3-9H2,1-2H3. The van der Waals surface area contributed by atoms with Crippen LogP contribution in [0, 0.1) is 5.92 Å². The minimum atomic E-state index is 0.656. The molecule has 0 saturated carbocycles. The van der Waals surface area contributed by atoms with Crippen LogP contribution in [0.4, 0.5) is 0 Å². The van der Waals surface area contributed by atoms with E-state index in [0.29, 0.717) is 5.92 Å². The van der Waals surface area contributed by atoms with Gasteiger partial charge in [-0.1, -0.05) is 6.92 Å². The second kappa shape index (κ2) is 6.35. The van der Waals surface area contributed by atoms with Gasteiger partial charge in [0.15, 0.2) is 0 Å². The Labute approximate surface area is 81.4 Å². The highest BCUT2D eigenvalue weighted by molar-refractivity contribution is 4.67. The van der Waals surface area contributed by atoms with E-state index in [-0.39, 0.29) is 0 Å². The maximum Gasteiger partial charge on any atom is 0.0500 e. The summed E-state index contributed by atoms with van der Waals surface area (Å²) < 4.78 is 5.13. The summed E-state index contributed by atoms with van der Waals surface area (Å²) in [5.74, 6) is 0.656. The van der Waals surface area contributed by atoms with Gasteiger partial charge in [-0.3, -0.25) is 0 Å². The third-order valence-corrected chi connectivity index (χ3v) is 2.45. The summed E-state index contributed by atoms with van der Waals surface area (Å²) in [4.78, 5) is 2.53. The summed E-state index contributed by atoms with van der Waals surface area (Å²) in [6, 6.07) is 0. The molecule has 1 aliphatic heterocycles. The molecule has 1 unspecified atom stereocenters. The molecule has 0 bridgehead atoms. The van der Waals surface area contributed by atoms with Gasteiger partial charge < -0.3 is 15.0 Å². The van der Waals surface area contributed by atoms with Crippen molar-refractivity contribution < 1.29 is 4.74 Å². The lowest BCUT2D eigenvalue weighted by Crippen LogP contribution is -2.33. The molecule has 3 heteroatoms. The summed E-state index contributed by atoms with van der Waals surface area (Å²) in [5.41, 5.74) is 0. The molecule has 0 radical (unpaired) electrons. The van der Waals surface area contributed by atoms with Gasteiger partial charge >= 0.3 is 0 Å². The highest BCUT2D eigenvalue weighted by Crippen LogP contribution is 2.02. The van der Waals surface area contributed by atoms with Crippen molar-refractivity contribution in [1.29, 1.82) is 0 Å². The van der Waals surface area contributed by atoms with Crippen molar-refractivity contribution in [3.63, 3.8) is 0 Å². The number of rotatable bonds is 4. The minimum Gasteiger partial charge on any atom is -0.384 e. The van der Waals surface area contributed by atoms with Crippen LogP contribution in [0.5, 0.6) is 0 Å². The van der Waals surface area contributed by atoms with Crippen molar-refractivity contribution in [2.75, 3.05) is 46.4 Å². The van der Waals surface area contributed by atoms with Crippen LogP contribution in [0.2, 0.25) is 0 Å². The van der Waals surface area contributed by atoms with Crippen LogP contribution >= 0.6 is 0 Å². The molecule has 78 valence electrons. The van der Waals surface area contributed by atoms with Crippen LogP contribution in [0.1, 0.15) is 13.3 Å². The molecule has 1 rings (SSSR count). The van der Waals surface area contributed by atoms with E-state index in [1.165, 1.54) is 32.6 Å².